The Balaban J connectivity index is 1.76. The van der Waals surface area contributed by atoms with Crippen molar-refractivity contribution in [2.45, 2.75) is 111 Å². The van der Waals surface area contributed by atoms with Crippen molar-refractivity contribution in [2.75, 3.05) is 30.2 Å². The van der Waals surface area contributed by atoms with Crippen molar-refractivity contribution >= 4 is 11.4 Å². The van der Waals surface area contributed by atoms with Gasteiger partial charge in [0.1, 0.15) is 11.5 Å². The molecule has 0 saturated carbocycles. The lowest BCUT2D eigenvalue weighted by Crippen LogP contribution is -2.31. The third kappa shape index (κ3) is 12.1. The van der Waals surface area contributed by atoms with E-state index < -0.39 is 0 Å². The molecule has 0 bridgehead atoms. The third-order valence-electron chi connectivity index (χ3n) is 6.63. The number of anilines is 2. The Labute approximate surface area is 221 Å². The summed E-state index contributed by atoms with van der Waals surface area (Å²) in [5.41, 5.74) is 5.67. The first-order valence-corrected chi connectivity index (χ1v) is 14.8. The van der Waals surface area contributed by atoms with E-state index in [0.717, 1.165) is 35.8 Å². The van der Waals surface area contributed by atoms with Gasteiger partial charge >= 0.3 is 0 Å². The van der Waals surface area contributed by atoms with Crippen LogP contribution in [0.2, 0.25) is 0 Å². The summed E-state index contributed by atoms with van der Waals surface area (Å²) in [7, 11) is 0. The summed E-state index contributed by atoms with van der Waals surface area (Å²) in [6.45, 7) is 8.56. The second-order valence-electron chi connectivity index (χ2n) is 9.69. The van der Waals surface area contributed by atoms with Gasteiger partial charge in [-0.2, -0.15) is 0 Å². The summed E-state index contributed by atoms with van der Waals surface area (Å²) in [6.07, 6.45) is 19.2. The number of ether oxygens (including phenoxy) is 2. The van der Waals surface area contributed by atoms with E-state index in [2.05, 4.69) is 35.6 Å². The van der Waals surface area contributed by atoms with Gasteiger partial charge in [0.2, 0.25) is 0 Å². The minimum atomic E-state index is 0.646. The largest absolute Gasteiger partial charge is 0.492 e. The monoisotopic (exact) mass is 496 g/mol. The number of hydrazine groups is 1. The molecule has 1 N–H and O–H groups in total. The molecule has 2 aromatic carbocycles. The standard InChI is InChI=1S/C32H52N2O2/c1-4-7-8-9-10-11-12-13-14-15-16-17-18-23-28-34(30-25-20-22-27-32(30)36-6-3)33-29-24-19-21-26-31(29)35-5-2/h19-22,24-27,33H,4-18,23,28H2,1-3H3. The van der Waals surface area contributed by atoms with Crippen molar-refractivity contribution < 1.29 is 9.47 Å². The molecule has 0 unspecified atom stereocenters. The molecule has 4 heteroatoms. The van der Waals surface area contributed by atoms with E-state index in [-0.39, 0.29) is 0 Å². The van der Waals surface area contributed by atoms with E-state index in [1.54, 1.807) is 0 Å². The van der Waals surface area contributed by atoms with Crippen LogP contribution in [0, 0.1) is 0 Å². The van der Waals surface area contributed by atoms with Crippen LogP contribution in [0.25, 0.3) is 0 Å². The van der Waals surface area contributed by atoms with Gasteiger partial charge in [0, 0.05) is 6.54 Å². The molecule has 0 atom stereocenters. The summed E-state index contributed by atoms with van der Waals surface area (Å²) in [4.78, 5) is 0. The zero-order valence-electron chi connectivity index (χ0n) is 23.4. The molecule has 202 valence electrons. The molecule has 4 nitrogen and oxygen atoms in total. The van der Waals surface area contributed by atoms with Gasteiger partial charge in [-0.25, -0.2) is 0 Å². The lowest BCUT2D eigenvalue weighted by Gasteiger charge is -2.29. The molecule has 0 radical (unpaired) electrons. The maximum Gasteiger partial charge on any atom is 0.144 e. The van der Waals surface area contributed by atoms with E-state index in [0.29, 0.717) is 13.2 Å². The highest BCUT2D eigenvalue weighted by Gasteiger charge is 2.14. The number of rotatable bonds is 22. The minimum Gasteiger partial charge on any atom is -0.492 e. The molecular formula is C32H52N2O2. The molecule has 0 aromatic heterocycles. The third-order valence-corrected chi connectivity index (χ3v) is 6.63. The van der Waals surface area contributed by atoms with Crippen LogP contribution in [0.15, 0.2) is 48.5 Å². The molecule has 0 fully saturated rings. The Morgan fingerprint density at radius 3 is 1.61 bits per heavy atom. The van der Waals surface area contributed by atoms with Crippen LogP contribution >= 0.6 is 0 Å². The number of hydrogen-bond acceptors (Lipinski definition) is 4. The van der Waals surface area contributed by atoms with Crippen LogP contribution in [-0.2, 0) is 0 Å². The van der Waals surface area contributed by atoms with E-state index in [9.17, 15) is 0 Å². The van der Waals surface area contributed by atoms with Gasteiger partial charge in [-0.05, 0) is 44.5 Å². The smallest absolute Gasteiger partial charge is 0.144 e. The predicted molar refractivity (Wildman–Crippen MR) is 157 cm³/mol. The minimum absolute atomic E-state index is 0.646. The molecule has 0 aliphatic rings. The topological polar surface area (TPSA) is 33.7 Å². The van der Waals surface area contributed by atoms with Crippen molar-refractivity contribution in [3.8, 4) is 11.5 Å². The summed E-state index contributed by atoms with van der Waals surface area (Å²) >= 11 is 0. The van der Waals surface area contributed by atoms with Gasteiger partial charge in [0.05, 0.1) is 24.6 Å². The van der Waals surface area contributed by atoms with Crippen molar-refractivity contribution in [2.24, 2.45) is 0 Å². The van der Waals surface area contributed by atoms with E-state index in [4.69, 9.17) is 9.47 Å². The maximum atomic E-state index is 5.94. The summed E-state index contributed by atoms with van der Waals surface area (Å²) in [5.74, 6) is 1.78. The highest BCUT2D eigenvalue weighted by Crippen LogP contribution is 2.31. The SMILES string of the molecule is CCCCCCCCCCCCCCCCN(Nc1ccccc1OCC)c1ccccc1OCC. The molecule has 0 aliphatic carbocycles. The van der Waals surface area contributed by atoms with Gasteiger partial charge in [0.15, 0.2) is 0 Å². The molecule has 2 aromatic rings. The Morgan fingerprint density at radius 2 is 1.03 bits per heavy atom. The highest BCUT2D eigenvalue weighted by molar-refractivity contribution is 5.65. The van der Waals surface area contributed by atoms with Crippen molar-refractivity contribution in [3.63, 3.8) is 0 Å². The summed E-state index contributed by atoms with van der Waals surface area (Å²) in [6, 6.07) is 16.4. The fraction of sp³-hybridized carbons (Fsp3) is 0.625. The maximum absolute atomic E-state index is 5.94. The van der Waals surface area contributed by atoms with Crippen molar-refractivity contribution in [1.82, 2.24) is 0 Å². The number of unbranched alkanes of at least 4 members (excludes halogenated alkanes) is 13. The lowest BCUT2D eigenvalue weighted by molar-refractivity contribution is 0.339. The second-order valence-corrected chi connectivity index (χ2v) is 9.69. The first kappa shape index (κ1) is 29.9. The molecule has 0 aliphatic heterocycles. The molecule has 0 heterocycles. The van der Waals surface area contributed by atoms with Crippen LogP contribution in [0.4, 0.5) is 11.4 Å². The van der Waals surface area contributed by atoms with Gasteiger partial charge in [0.25, 0.3) is 0 Å². The normalized spacial score (nSPS) is 10.9. The van der Waals surface area contributed by atoms with Gasteiger partial charge in [-0.3, -0.25) is 10.4 Å². The quantitative estimate of drug-likeness (QED) is 0.130. The zero-order chi connectivity index (χ0) is 25.7. The highest BCUT2D eigenvalue weighted by atomic mass is 16.5. The summed E-state index contributed by atoms with van der Waals surface area (Å²) in [5, 5.41) is 2.23. The average molecular weight is 497 g/mol. The predicted octanol–water partition coefficient (Wildman–Crippen LogP) is 9.80. The molecule has 0 saturated heterocycles. The fourth-order valence-electron chi connectivity index (χ4n) is 4.64. The van der Waals surface area contributed by atoms with Crippen molar-refractivity contribution in [1.29, 1.82) is 0 Å². The molecular weight excluding hydrogens is 444 g/mol. The number of hydrogen-bond donors (Lipinski definition) is 1. The Bertz CT molecular complexity index is 795. The number of nitrogens with zero attached hydrogens (tertiary/aromatic N) is 1. The number of para-hydroxylation sites is 4. The Morgan fingerprint density at radius 1 is 0.556 bits per heavy atom. The van der Waals surface area contributed by atoms with Gasteiger partial charge in [-0.1, -0.05) is 115 Å². The first-order valence-electron chi connectivity index (χ1n) is 14.8. The van der Waals surface area contributed by atoms with Gasteiger partial charge < -0.3 is 9.47 Å². The van der Waals surface area contributed by atoms with E-state index in [1.807, 2.05) is 44.2 Å². The molecule has 36 heavy (non-hydrogen) atoms. The Kier molecular flexibility index (Phi) is 16.4. The lowest BCUT2D eigenvalue weighted by atomic mass is 10.0. The number of benzene rings is 2. The second kappa shape index (κ2) is 19.8. The van der Waals surface area contributed by atoms with Crippen LogP contribution < -0.4 is 19.9 Å². The summed E-state index contributed by atoms with van der Waals surface area (Å²) < 4.78 is 11.8. The average Bonchev–Trinajstić information content (AvgIpc) is 2.90. The van der Waals surface area contributed by atoms with Crippen LogP contribution in [0.5, 0.6) is 11.5 Å². The molecule has 0 spiro atoms. The van der Waals surface area contributed by atoms with Gasteiger partial charge in [-0.15, -0.1) is 0 Å². The van der Waals surface area contributed by atoms with Crippen LogP contribution in [-0.4, -0.2) is 19.8 Å². The number of nitrogens with one attached hydrogen (secondary N) is 1. The zero-order valence-corrected chi connectivity index (χ0v) is 23.4. The first-order chi connectivity index (χ1) is 17.8. The molecule has 2 rings (SSSR count). The van der Waals surface area contributed by atoms with Crippen LogP contribution in [0.3, 0.4) is 0 Å². The fourth-order valence-corrected chi connectivity index (χ4v) is 4.64. The van der Waals surface area contributed by atoms with Crippen molar-refractivity contribution in [3.05, 3.63) is 48.5 Å². The van der Waals surface area contributed by atoms with E-state index in [1.165, 1.54) is 83.5 Å². The van der Waals surface area contributed by atoms with E-state index >= 15 is 0 Å². The Hall–Kier alpha value is -2.36. The molecule has 0 amide bonds. The van der Waals surface area contributed by atoms with Crippen LogP contribution in [0.1, 0.15) is 111 Å².